The van der Waals surface area contributed by atoms with Crippen molar-refractivity contribution < 1.29 is 27.2 Å². The normalized spacial score (nSPS) is 8.59. The van der Waals surface area contributed by atoms with Crippen LogP contribution in [0.2, 0.25) is 0 Å². The van der Waals surface area contributed by atoms with Gasteiger partial charge in [-0.05, 0) is 12.8 Å². The van der Waals surface area contributed by atoms with Gasteiger partial charge in [-0.15, -0.1) is 0 Å². The molecular weight excluding hydrogens is 295 g/mol. The summed E-state index contributed by atoms with van der Waals surface area (Å²) in [5.41, 5.74) is 0. The molecule has 106 valence electrons. The Kier molecular flexibility index (Phi) is 41.6. The van der Waals surface area contributed by atoms with Crippen LogP contribution in [0.3, 0.4) is 0 Å². The second-order valence-electron chi connectivity index (χ2n) is 3.64. The zero-order valence-corrected chi connectivity index (χ0v) is 14.3. The third-order valence-electron chi connectivity index (χ3n) is 2.02. The summed E-state index contributed by atoms with van der Waals surface area (Å²) < 4.78 is 0. The van der Waals surface area contributed by atoms with E-state index < -0.39 is 17.0 Å². The van der Waals surface area contributed by atoms with Gasteiger partial charge in [0.15, 0.2) is 0 Å². The summed E-state index contributed by atoms with van der Waals surface area (Å²) in [6.45, 7) is 5.05. The molecule has 0 fully saturated rings. The van der Waals surface area contributed by atoms with Crippen molar-refractivity contribution in [3.05, 3.63) is 0 Å². The average Bonchev–Trinajstić information content (AvgIpc) is 2.32. The quantitative estimate of drug-likeness (QED) is 0.510. The number of aliphatic hydroxyl groups excluding tert-OH is 2. The fourth-order valence-corrected chi connectivity index (χ4v) is 1.08. The van der Waals surface area contributed by atoms with Gasteiger partial charge in [-0.25, -0.2) is 0 Å². The molecule has 0 aliphatic carbocycles. The molecule has 0 atom stereocenters. The van der Waals surface area contributed by atoms with Crippen LogP contribution in [0.4, 0.5) is 0 Å². The van der Waals surface area contributed by atoms with Crippen LogP contribution in [0.25, 0.3) is 0 Å². The third kappa shape index (κ3) is 46.9. The topological polar surface area (TPSA) is 40.5 Å². The van der Waals surface area contributed by atoms with E-state index in [-0.39, 0.29) is 0 Å². The van der Waals surface area contributed by atoms with Crippen molar-refractivity contribution in [3.8, 4) is 0 Å². The predicted octanol–water partition coefficient (Wildman–Crippen LogP) is 4.49. The summed E-state index contributed by atoms with van der Waals surface area (Å²) >= 11 is -0.556. The van der Waals surface area contributed by atoms with E-state index in [1.165, 1.54) is 38.5 Å². The molecule has 0 bridgehead atoms. The number of hydrogen-bond acceptors (Lipinski definition) is 2. The standard InChI is InChI=1S/2C6H14O.2ClH.Ti/c2*1-2-3-4-5-6-7;;;/h2*7H,2-6H2,1H3;2*1H;/q;;;;+2/p-2. The molecule has 2 nitrogen and oxygen atoms in total. The van der Waals surface area contributed by atoms with Crippen molar-refractivity contribution >= 4 is 18.6 Å². The molecule has 0 heterocycles. The van der Waals surface area contributed by atoms with Crippen LogP contribution in [0.1, 0.15) is 65.2 Å². The molecule has 0 aromatic carbocycles. The SMILES string of the molecule is CCCCCCO.CCCCCCO.[Cl][Ti][Cl]. The molecular formula is C12H28Cl2O2Ti. The fourth-order valence-electron chi connectivity index (χ4n) is 1.08. The van der Waals surface area contributed by atoms with Crippen molar-refractivity contribution in [1.29, 1.82) is 0 Å². The molecule has 0 amide bonds. The maximum atomic E-state index is 8.29. The van der Waals surface area contributed by atoms with Gasteiger partial charge in [0.05, 0.1) is 0 Å². The van der Waals surface area contributed by atoms with Crippen LogP contribution in [0.5, 0.6) is 0 Å². The van der Waals surface area contributed by atoms with E-state index in [1.807, 2.05) is 0 Å². The molecule has 17 heavy (non-hydrogen) atoms. The molecule has 0 aliphatic heterocycles. The Hall–Kier alpha value is 1.21. The maximum absolute atomic E-state index is 8.29. The Labute approximate surface area is 124 Å². The van der Waals surface area contributed by atoms with Crippen LogP contribution in [-0.4, -0.2) is 23.4 Å². The van der Waals surface area contributed by atoms with Crippen LogP contribution in [0, 0.1) is 0 Å². The Morgan fingerprint density at radius 2 is 1.00 bits per heavy atom. The first-order chi connectivity index (χ1) is 8.24. The summed E-state index contributed by atoms with van der Waals surface area (Å²) in [7, 11) is 9.78. The van der Waals surface area contributed by atoms with Gasteiger partial charge in [0, 0.05) is 13.2 Å². The van der Waals surface area contributed by atoms with Gasteiger partial charge in [0.1, 0.15) is 0 Å². The first-order valence-corrected chi connectivity index (χ1v) is 10.7. The third-order valence-corrected chi connectivity index (χ3v) is 2.02. The predicted molar refractivity (Wildman–Crippen MR) is 74.2 cm³/mol. The van der Waals surface area contributed by atoms with Crippen molar-refractivity contribution in [3.63, 3.8) is 0 Å². The van der Waals surface area contributed by atoms with Crippen LogP contribution in [0.15, 0.2) is 0 Å². The molecule has 0 aromatic heterocycles. The number of halogens is 2. The molecule has 0 saturated heterocycles. The molecule has 0 aromatic rings. The summed E-state index contributed by atoms with van der Waals surface area (Å²) in [5, 5.41) is 16.6. The van der Waals surface area contributed by atoms with E-state index >= 15 is 0 Å². The van der Waals surface area contributed by atoms with Crippen LogP contribution >= 0.6 is 18.6 Å². The van der Waals surface area contributed by atoms with E-state index in [4.69, 9.17) is 28.8 Å². The van der Waals surface area contributed by atoms with Crippen LogP contribution < -0.4 is 0 Å². The van der Waals surface area contributed by atoms with Gasteiger partial charge >= 0.3 is 35.6 Å². The Morgan fingerprint density at radius 1 is 0.706 bits per heavy atom. The number of hydrogen-bond donors (Lipinski definition) is 2. The summed E-state index contributed by atoms with van der Waals surface area (Å²) in [6, 6.07) is 0. The summed E-state index contributed by atoms with van der Waals surface area (Å²) in [6.07, 6.45) is 9.36. The molecule has 0 rings (SSSR count). The number of rotatable bonds is 8. The second-order valence-corrected chi connectivity index (χ2v) is 6.22. The van der Waals surface area contributed by atoms with Gasteiger partial charge in [-0.3, -0.25) is 0 Å². The molecule has 0 aliphatic rings. The van der Waals surface area contributed by atoms with E-state index in [0.717, 1.165) is 12.8 Å². The Balaban J connectivity index is -0.000000188. The molecule has 0 saturated carbocycles. The van der Waals surface area contributed by atoms with Gasteiger partial charge in [-0.2, -0.15) is 0 Å². The van der Waals surface area contributed by atoms with Crippen molar-refractivity contribution in [2.24, 2.45) is 0 Å². The molecule has 5 heteroatoms. The molecule has 0 unspecified atom stereocenters. The minimum absolute atomic E-state index is 0.361. The first kappa shape index (κ1) is 23.3. The van der Waals surface area contributed by atoms with Crippen molar-refractivity contribution in [1.82, 2.24) is 0 Å². The zero-order valence-electron chi connectivity index (χ0n) is 11.2. The van der Waals surface area contributed by atoms with E-state index in [2.05, 4.69) is 13.8 Å². The number of unbranched alkanes of at least 4 members (excludes halogenated alkanes) is 6. The minimum atomic E-state index is -0.556. The number of aliphatic hydroxyl groups is 2. The zero-order chi connectivity index (χ0) is 13.8. The van der Waals surface area contributed by atoms with E-state index in [9.17, 15) is 0 Å². The monoisotopic (exact) mass is 322 g/mol. The Bertz CT molecular complexity index is 80.6. The molecule has 0 spiro atoms. The molecule has 0 radical (unpaired) electrons. The van der Waals surface area contributed by atoms with E-state index in [1.54, 1.807) is 0 Å². The fraction of sp³-hybridized carbons (Fsp3) is 1.00. The van der Waals surface area contributed by atoms with Crippen molar-refractivity contribution in [2.75, 3.05) is 13.2 Å². The molecule has 2 N–H and O–H groups in total. The summed E-state index contributed by atoms with van der Waals surface area (Å²) in [5.74, 6) is 0. The average molecular weight is 323 g/mol. The van der Waals surface area contributed by atoms with Crippen LogP contribution in [-0.2, 0) is 17.0 Å². The van der Waals surface area contributed by atoms with Gasteiger partial charge in [-0.1, -0.05) is 52.4 Å². The summed E-state index contributed by atoms with van der Waals surface area (Å²) in [4.78, 5) is 0. The first-order valence-electron chi connectivity index (χ1n) is 6.42. The second kappa shape index (κ2) is 30.3. The Morgan fingerprint density at radius 3 is 1.18 bits per heavy atom. The van der Waals surface area contributed by atoms with Gasteiger partial charge in [0.25, 0.3) is 0 Å². The van der Waals surface area contributed by atoms with E-state index in [0.29, 0.717) is 13.2 Å². The van der Waals surface area contributed by atoms with Gasteiger partial charge in [0.2, 0.25) is 0 Å². The van der Waals surface area contributed by atoms with Crippen molar-refractivity contribution in [2.45, 2.75) is 65.2 Å². The van der Waals surface area contributed by atoms with Gasteiger partial charge < -0.3 is 10.2 Å².